The molecule has 2 aromatic heterocycles. The summed E-state index contributed by atoms with van der Waals surface area (Å²) in [6.07, 6.45) is 5.39. The summed E-state index contributed by atoms with van der Waals surface area (Å²) < 4.78 is 33.6. The zero-order valence-electron chi connectivity index (χ0n) is 25.2. The first-order valence-electron chi connectivity index (χ1n) is 13.4. The van der Waals surface area contributed by atoms with Gasteiger partial charge in [0.25, 0.3) is 0 Å². The van der Waals surface area contributed by atoms with Crippen molar-refractivity contribution in [1.29, 1.82) is 5.26 Å². The number of rotatable bonds is 11. The Balaban J connectivity index is 0.00000119. The van der Waals surface area contributed by atoms with Crippen molar-refractivity contribution < 1.29 is 18.3 Å². The quantitative estimate of drug-likeness (QED) is 0.171. The summed E-state index contributed by atoms with van der Waals surface area (Å²) in [5.41, 5.74) is 5.49. The number of anilines is 4. The molecule has 0 aliphatic carbocycles. The van der Waals surface area contributed by atoms with Crippen LogP contribution in [0, 0.1) is 18.3 Å². The molecule has 0 saturated heterocycles. The van der Waals surface area contributed by atoms with E-state index in [0.717, 1.165) is 34.3 Å². The van der Waals surface area contributed by atoms with Crippen LogP contribution in [-0.2, 0) is 11.8 Å². The van der Waals surface area contributed by atoms with Gasteiger partial charge in [0, 0.05) is 63.6 Å². The van der Waals surface area contributed by atoms with E-state index >= 15 is 0 Å². The van der Waals surface area contributed by atoms with E-state index < -0.39 is 6.61 Å². The maximum absolute atomic E-state index is 13.4. The van der Waals surface area contributed by atoms with Gasteiger partial charge in [0.2, 0.25) is 5.95 Å². The number of halogens is 2. The minimum absolute atomic E-state index is 0.0298. The van der Waals surface area contributed by atoms with Gasteiger partial charge >= 0.3 is 6.61 Å². The molecule has 4 rings (SSSR count). The summed E-state index contributed by atoms with van der Waals surface area (Å²) in [6, 6.07) is 11.1. The number of likely N-dealkylation sites (N-methyl/N-ethyl adjacent to an activating group) is 2. The van der Waals surface area contributed by atoms with Gasteiger partial charge in [-0.3, -0.25) is 4.79 Å². The van der Waals surface area contributed by atoms with E-state index in [1.807, 2.05) is 61.7 Å². The highest BCUT2D eigenvalue weighted by Gasteiger charge is 2.18. The summed E-state index contributed by atoms with van der Waals surface area (Å²) in [6.45, 7) is 3.56. The third kappa shape index (κ3) is 8.05. The molecule has 0 spiro atoms. The van der Waals surface area contributed by atoms with Crippen molar-refractivity contribution in [3.8, 4) is 23.1 Å². The third-order valence-electron chi connectivity index (χ3n) is 6.57. The summed E-state index contributed by atoms with van der Waals surface area (Å²) in [4.78, 5) is 22.0. The number of carbonyl (C=O) groups excluding carboxylic acids is 1. The molecule has 0 aliphatic rings. The van der Waals surface area contributed by atoms with Crippen LogP contribution in [0.5, 0.6) is 5.75 Å². The maximum atomic E-state index is 13.4. The number of aryl methyl sites for hydroxylation is 2. The number of hydrogen-bond acceptors (Lipinski definition) is 9. The average molecular weight is 591 g/mol. The molecule has 10 nitrogen and oxygen atoms in total. The lowest BCUT2D eigenvalue weighted by atomic mass is 10.0. The van der Waals surface area contributed by atoms with Crippen LogP contribution in [-0.4, -0.2) is 73.6 Å². The van der Waals surface area contributed by atoms with E-state index in [9.17, 15) is 14.0 Å². The molecule has 0 bridgehead atoms. The first-order valence-corrected chi connectivity index (χ1v) is 13.4. The van der Waals surface area contributed by atoms with Gasteiger partial charge in [-0.2, -0.15) is 14.0 Å². The summed E-state index contributed by atoms with van der Waals surface area (Å²) in [5, 5.41) is 16.9. The van der Waals surface area contributed by atoms with Gasteiger partial charge in [0.15, 0.2) is 5.75 Å². The standard InChI is InChI=1S/C28H32F2N8O.C3H4O/c1-17-16-38(6)26-19(15-31)11-18(12-20(17)26)21-7-8-33-28(34-21)35-23-13-22(32-2)24(14-25(23)39-27(29)30)37(5)10-9-36(3)4;1-2-3-4/h7-8,11-14,16,27,32H,9-10H2,1-6H3,(H,33,34,35);2-3H,1H2. The lowest BCUT2D eigenvalue weighted by molar-refractivity contribution is -0.104. The molecule has 2 aromatic carbocycles. The fourth-order valence-corrected chi connectivity index (χ4v) is 4.52. The highest BCUT2D eigenvalue weighted by Crippen LogP contribution is 2.39. The lowest BCUT2D eigenvalue weighted by Gasteiger charge is -2.26. The number of alkyl halides is 2. The molecule has 226 valence electrons. The number of carbonyl (C=O) groups is 1. The van der Waals surface area contributed by atoms with E-state index in [2.05, 4.69) is 33.2 Å². The summed E-state index contributed by atoms with van der Waals surface area (Å²) in [5.74, 6) is 0.170. The van der Waals surface area contributed by atoms with Crippen molar-refractivity contribution in [2.75, 3.05) is 56.8 Å². The lowest BCUT2D eigenvalue weighted by Crippen LogP contribution is -2.29. The van der Waals surface area contributed by atoms with E-state index in [4.69, 9.17) is 9.53 Å². The largest absolute Gasteiger partial charge is 0.433 e. The molecule has 0 saturated carbocycles. The van der Waals surface area contributed by atoms with Gasteiger partial charge in [-0.25, -0.2) is 9.97 Å². The minimum Gasteiger partial charge on any atom is -0.433 e. The van der Waals surface area contributed by atoms with Crippen molar-refractivity contribution in [1.82, 2.24) is 19.4 Å². The van der Waals surface area contributed by atoms with Gasteiger partial charge < -0.3 is 29.7 Å². The van der Waals surface area contributed by atoms with Crippen LogP contribution < -0.4 is 20.3 Å². The molecular weight excluding hydrogens is 554 g/mol. The average Bonchev–Trinajstić information content (AvgIpc) is 3.28. The monoisotopic (exact) mass is 590 g/mol. The predicted molar refractivity (Wildman–Crippen MR) is 167 cm³/mol. The Morgan fingerprint density at radius 2 is 1.91 bits per heavy atom. The highest BCUT2D eigenvalue weighted by molar-refractivity contribution is 5.92. The maximum Gasteiger partial charge on any atom is 0.387 e. The van der Waals surface area contributed by atoms with E-state index in [1.54, 1.807) is 37.5 Å². The van der Waals surface area contributed by atoms with Crippen molar-refractivity contribution in [3.05, 3.63) is 66.5 Å². The van der Waals surface area contributed by atoms with Gasteiger partial charge in [0.05, 0.1) is 33.8 Å². The van der Waals surface area contributed by atoms with E-state index in [1.165, 1.54) is 6.08 Å². The van der Waals surface area contributed by atoms with E-state index in [0.29, 0.717) is 29.8 Å². The molecule has 12 heteroatoms. The molecular formula is C31H36F2N8O2. The number of aldehydes is 1. The van der Waals surface area contributed by atoms with Gasteiger partial charge in [0.1, 0.15) is 12.4 Å². The van der Waals surface area contributed by atoms with Crippen LogP contribution in [0.3, 0.4) is 0 Å². The fourth-order valence-electron chi connectivity index (χ4n) is 4.52. The van der Waals surface area contributed by atoms with Crippen LogP contribution in [0.2, 0.25) is 0 Å². The number of nitrogens with one attached hydrogen (secondary N) is 2. The Hall–Kier alpha value is -5.02. The number of fused-ring (bicyclic) bond motifs is 1. The van der Waals surface area contributed by atoms with Crippen LogP contribution in [0.25, 0.3) is 22.2 Å². The third-order valence-corrected chi connectivity index (χ3v) is 6.57. The van der Waals surface area contributed by atoms with Crippen molar-refractivity contribution in [3.63, 3.8) is 0 Å². The molecule has 2 N–H and O–H groups in total. The molecule has 43 heavy (non-hydrogen) atoms. The number of benzene rings is 2. The second kappa shape index (κ2) is 14.7. The Kier molecular flexibility index (Phi) is 11.1. The molecule has 0 unspecified atom stereocenters. The first kappa shape index (κ1) is 32.5. The second-order valence-corrected chi connectivity index (χ2v) is 9.94. The zero-order chi connectivity index (χ0) is 31.7. The van der Waals surface area contributed by atoms with Crippen molar-refractivity contribution in [2.45, 2.75) is 13.5 Å². The minimum atomic E-state index is -3.01. The molecule has 0 radical (unpaired) electrons. The molecule has 0 fully saturated rings. The first-order chi connectivity index (χ1) is 20.5. The van der Waals surface area contributed by atoms with Gasteiger partial charge in [-0.15, -0.1) is 0 Å². The number of allylic oxidation sites excluding steroid dienone is 1. The molecule has 0 amide bonds. The highest BCUT2D eigenvalue weighted by atomic mass is 19.3. The Bertz CT molecular complexity index is 1620. The van der Waals surface area contributed by atoms with Gasteiger partial charge in [-0.05, 0) is 56.9 Å². The SMILES string of the molecule is C=CC=O.CNc1cc(Nc2nccc(-c3cc(C#N)c4c(c3)c(C)cn4C)n2)c(OC(F)F)cc1N(C)CCN(C)C. The Morgan fingerprint density at radius 1 is 1.19 bits per heavy atom. The molecule has 0 aliphatic heterocycles. The second-order valence-electron chi connectivity index (χ2n) is 9.94. The molecule has 0 atom stereocenters. The Labute approximate surface area is 250 Å². The smallest absolute Gasteiger partial charge is 0.387 e. The Morgan fingerprint density at radius 3 is 2.51 bits per heavy atom. The van der Waals surface area contributed by atoms with Crippen LogP contribution >= 0.6 is 0 Å². The number of nitrogens with zero attached hydrogens (tertiary/aromatic N) is 6. The summed E-state index contributed by atoms with van der Waals surface area (Å²) >= 11 is 0. The fraction of sp³-hybridized carbons (Fsp3) is 0.290. The zero-order valence-corrected chi connectivity index (χ0v) is 25.2. The molecule has 2 heterocycles. The van der Waals surface area contributed by atoms with Crippen molar-refractivity contribution >= 4 is 40.2 Å². The normalized spacial score (nSPS) is 10.6. The summed E-state index contributed by atoms with van der Waals surface area (Å²) in [7, 11) is 9.51. The molecule has 4 aromatic rings. The van der Waals surface area contributed by atoms with Gasteiger partial charge in [-0.1, -0.05) is 6.58 Å². The van der Waals surface area contributed by atoms with Crippen LogP contribution in [0.15, 0.2) is 55.4 Å². The van der Waals surface area contributed by atoms with E-state index in [-0.39, 0.29) is 17.4 Å². The van der Waals surface area contributed by atoms with Crippen molar-refractivity contribution in [2.24, 2.45) is 7.05 Å². The predicted octanol–water partition coefficient (Wildman–Crippen LogP) is 5.57. The number of nitriles is 1. The number of ether oxygens (including phenoxy) is 1. The van der Waals surface area contributed by atoms with Crippen LogP contribution in [0.1, 0.15) is 11.1 Å². The number of aromatic nitrogens is 3. The topological polar surface area (TPSA) is 111 Å². The van der Waals surface area contributed by atoms with Crippen LogP contribution in [0.4, 0.5) is 31.8 Å². The number of hydrogen-bond donors (Lipinski definition) is 2.